The molecule has 0 aliphatic rings. The zero-order valence-electron chi connectivity index (χ0n) is 18.7. The highest BCUT2D eigenvalue weighted by molar-refractivity contribution is 6.30. The van der Waals surface area contributed by atoms with Gasteiger partial charge in [-0.25, -0.2) is 4.39 Å². The summed E-state index contributed by atoms with van der Waals surface area (Å²) < 4.78 is 13.6. The summed E-state index contributed by atoms with van der Waals surface area (Å²) in [6.45, 7) is 0.0446. The molecule has 1 unspecified atom stereocenters. The Hall–Kier alpha value is -4.16. The van der Waals surface area contributed by atoms with Crippen LogP contribution in [0.2, 0.25) is 5.02 Å². The van der Waals surface area contributed by atoms with E-state index in [-0.39, 0.29) is 12.1 Å². The third kappa shape index (κ3) is 5.86. The molecule has 0 aliphatic carbocycles. The van der Waals surface area contributed by atoms with Gasteiger partial charge in [0.05, 0.1) is 5.56 Å². The lowest BCUT2D eigenvalue weighted by atomic mass is 10.0. The van der Waals surface area contributed by atoms with Gasteiger partial charge in [-0.15, -0.1) is 0 Å². The van der Waals surface area contributed by atoms with E-state index in [4.69, 9.17) is 17.3 Å². The predicted molar refractivity (Wildman–Crippen MR) is 136 cm³/mol. The summed E-state index contributed by atoms with van der Waals surface area (Å²) in [5.74, 6) is -1.24. The quantitative estimate of drug-likeness (QED) is 0.310. The number of anilines is 2. The molecule has 0 radical (unpaired) electrons. The van der Waals surface area contributed by atoms with Gasteiger partial charge in [0.1, 0.15) is 11.9 Å². The van der Waals surface area contributed by atoms with Crippen LogP contribution in [0, 0.1) is 5.82 Å². The monoisotopic (exact) mass is 487 g/mol. The molecule has 0 saturated heterocycles. The van der Waals surface area contributed by atoms with Gasteiger partial charge in [-0.05, 0) is 59.7 Å². The highest BCUT2D eigenvalue weighted by atomic mass is 35.5. The number of benzene rings is 4. The maximum atomic E-state index is 13.8. The van der Waals surface area contributed by atoms with Gasteiger partial charge in [0.15, 0.2) is 0 Å². The first-order valence-corrected chi connectivity index (χ1v) is 11.3. The van der Waals surface area contributed by atoms with Gasteiger partial charge >= 0.3 is 0 Å². The van der Waals surface area contributed by atoms with Crippen LogP contribution in [-0.2, 0) is 11.3 Å². The number of nitrogens with one attached hydrogen (secondary N) is 1. The van der Waals surface area contributed by atoms with Crippen LogP contribution in [-0.4, -0.2) is 16.7 Å². The first-order chi connectivity index (χ1) is 16.9. The zero-order chi connectivity index (χ0) is 24.8. The largest absolute Gasteiger partial charge is 0.398 e. The Morgan fingerprint density at radius 2 is 1.49 bits per heavy atom. The molecule has 4 rings (SSSR count). The lowest BCUT2D eigenvalue weighted by Crippen LogP contribution is -2.41. The number of rotatable bonds is 7. The summed E-state index contributed by atoms with van der Waals surface area (Å²) >= 11 is 6.10. The molecule has 0 aliphatic heterocycles. The average molecular weight is 488 g/mol. The van der Waals surface area contributed by atoms with Crippen molar-refractivity contribution in [2.75, 3.05) is 11.1 Å². The molecule has 3 N–H and O–H groups in total. The third-order valence-electron chi connectivity index (χ3n) is 5.51. The van der Waals surface area contributed by atoms with Crippen molar-refractivity contribution in [3.8, 4) is 0 Å². The van der Waals surface area contributed by atoms with Crippen LogP contribution in [0.15, 0.2) is 103 Å². The van der Waals surface area contributed by atoms with E-state index in [2.05, 4.69) is 5.32 Å². The molecule has 1 atom stereocenters. The van der Waals surface area contributed by atoms with Crippen molar-refractivity contribution in [1.29, 1.82) is 0 Å². The van der Waals surface area contributed by atoms with E-state index in [1.54, 1.807) is 84.9 Å². The van der Waals surface area contributed by atoms with Crippen LogP contribution in [0.25, 0.3) is 0 Å². The number of amides is 2. The number of carbonyl (C=O) groups is 2. The third-order valence-corrected chi connectivity index (χ3v) is 5.76. The Labute approximate surface area is 208 Å². The summed E-state index contributed by atoms with van der Waals surface area (Å²) in [4.78, 5) is 28.9. The van der Waals surface area contributed by atoms with Crippen molar-refractivity contribution in [2.45, 2.75) is 12.6 Å². The van der Waals surface area contributed by atoms with Crippen molar-refractivity contribution in [1.82, 2.24) is 4.90 Å². The van der Waals surface area contributed by atoms with Crippen LogP contribution in [0.4, 0.5) is 15.8 Å². The standard InChI is InChI=1S/C28H23ClFN3O2/c29-21-14-12-20(13-15-21)26(27(34)32-23-6-2-1-3-7-23)33(18-19-10-16-22(30)17-11-19)28(35)24-8-4-5-9-25(24)31/h1-17,26H,18,31H2,(H,32,34). The molecule has 176 valence electrons. The molecule has 35 heavy (non-hydrogen) atoms. The topological polar surface area (TPSA) is 75.4 Å². The lowest BCUT2D eigenvalue weighted by Gasteiger charge is -2.32. The Morgan fingerprint density at radius 3 is 2.14 bits per heavy atom. The fourth-order valence-corrected chi connectivity index (χ4v) is 3.89. The van der Waals surface area contributed by atoms with E-state index in [1.165, 1.54) is 17.0 Å². The Balaban J connectivity index is 1.81. The van der Waals surface area contributed by atoms with Gasteiger partial charge in [-0.1, -0.05) is 66.2 Å². The van der Waals surface area contributed by atoms with Crippen molar-refractivity contribution in [3.63, 3.8) is 0 Å². The van der Waals surface area contributed by atoms with Crippen LogP contribution in [0.3, 0.4) is 0 Å². The van der Waals surface area contributed by atoms with Crippen LogP contribution in [0.5, 0.6) is 0 Å². The van der Waals surface area contributed by atoms with Gasteiger partial charge in [0.25, 0.3) is 11.8 Å². The minimum Gasteiger partial charge on any atom is -0.398 e. The fourth-order valence-electron chi connectivity index (χ4n) is 3.76. The Bertz CT molecular complexity index is 1310. The van der Waals surface area contributed by atoms with E-state index in [0.29, 0.717) is 27.5 Å². The molecular weight excluding hydrogens is 465 g/mol. The zero-order valence-corrected chi connectivity index (χ0v) is 19.5. The molecule has 0 spiro atoms. The molecule has 0 fully saturated rings. The summed E-state index contributed by atoms with van der Waals surface area (Å²) in [5.41, 5.74) is 8.48. The molecule has 0 bridgehead atoms. The van der Waals surface area contributed by atoms with Crippen LogP contribution in [0.1, 0.15) is 27.5 Å². The summed E-state index contributed by atoms with van der Waals surface area (Å²) in [7, 11) is 0. The Morgan fingerprint density at radius 1 is 0.857 bits per heavy atom. The first kappa shape index (κ1) is 24.0. The van der Waals surface area contributed by atoms with Crippen molar-refractivity contribution >= 4 is 34.8 Å². The number of nitrogens with zero attached hydrogens (tertiary/aromatic N) is 1. The number of hydrogen-bond donors (Lipinski definition) is 2. The van der Waals surface area contributed by atoms with Crippen LogP contribution < -0.4 is 11.1 Å². The van der Waals surface area contributed by atoms with E-state index < -0.39 is 23.7 Å². The maximum Gasteiger partial charge on any atom is 0.257 e. The van der Waals surface area contributed by atoms with Gasteiger partial charge in [0.2, 0.25) is 0 Å². The molecule has 0 heterocycles. The molecule has 2 amide bonds. The highest BCUT2D eigenvalue weighted by Crippen LogP contribution is 2.29. The molecule has 7 heteroatoms. The second-order valence-electron chi connectivity index (χ2n) is 7.96. The number of halogens is 2. The highest BCUT2D eigenvalue weighted by Gasteiger charge is 2.33. The number of hydrogen-bond acceptors (Lipinski definition) is 3. The second kappa shape index (κ2) is 10.8. The molecule has 5 nitrogen and oxygen atoms in total. The maximum absolute atomic E-state index is 13.8. The van der Waals surface area contributed by atoms with Crippen LogP contribution >= 0.6 is 11.6 Å². The van der Waals surface area contributed by atoms with Gasteiger partial charge in [-0.3, -0.25) is 9.59 Å². The normalized spacial score (nSPS) is 11.5. The number of nitrogen functional groups attached to an aromatic ring is 1. The molecule has 4 aromatic rings. The van der Waals surface area contributed by atoms with E-state index in [0.717, 1.165) is 0 Å². The fraction of sp³-hybridized carbons (Fsp3) is 0.0714. The molecule has 0 aromatic heterocycles. The van der Waals surface area contributed by atoms with E-state index >= 15 is 0 Å². The second-order valence-corrected chi connectivity index (χ2v) is 8.39. The minimum absolute atomic E-state index is 0.0446. The predicted octanol–water partition coefficient (Wildman–Crippen LogP) is 6.08. The lowest BCUT2D eigenvalue weighted by molar-refractivity contribution is -0.121. The number of nitrogens with two attached hydrogens (primary N) is 1. The van der Waals surface area contributed by atoms with E-state index in [9.17, 15) is 14.0 Å². The number of para-hydroxylation sites is 2. The SMILES string of the molecule is Nc1ccccc1C(=O)N(Cc1ccc(F)cc1)C(C(=O)Nc1ccccc1)c1ccc(Cl)cc1. The number of carbonyl (C=O) groups excluding carboxylic acids is 2. The molecular formula is C28H23ClFN3O2. The van der Waals surface area contributed by atoms with Gasteiger partial charge < -0.3 is 16.0 Å². The molecule has 4 aromatic carbocycles. The summed E-state index contributed by atoms with van der Waals surface area (Å²) in [6, 6.07) is 27.2. The summed E-state index contributed by atoms with van der Waals surface area (Å²) in [5, 5.41) is 3.39. The van der Waals surface area contributed by atoms with Gasteiger partial charge in [-0.2, -0.15) is 0 Å². The van der Waals surface area contributed by atoms with E-state index in [1.807, 2.05) is 6.07 Å². The average Bonchev–Trinajstić information content (AvgIpc) is 2.86. The Kier molecular flexibility index (Phi) is 7.43. The van der Waals surface area contributed by atoms with Crippen molar-refractivity contribution in [2.24, 2.45) is 0 Å². The van der Waals surface area contributed by atoms with Crippen molar-refractivity contribution in [3.05, 3.63) is 131 Å². The first-order valence-electron chi connectivity index (χ1n) is 10.9. The smallest absolute Gasteiger partial charge is 0.257 e. The molecule has 0 saturated carbocycles. The van der Waals surface area contributed by atoms with Crippen molar-refractivity contribution < 1.29 is 14.0 Å². The minimum atomic E-state index is -1.02. The van der Waals surface area contributed by atoms with Gasteiger partial charge in [0, 0.05) is 22.9 Å². The summed E-state index contributed by atoms with van der Waals surface area (Å²) in [6.07, 6.45) is 0.